The Labute approximate surface area is 150 Å². The molecule has 9 heteroatoms. The zero-order valence-corrected chi connectivity index (χ0v) is 14.3. The molecule has 3 rings (SSSR count). The van der Waals surface area contributed by atoms with Crippen molar-refractivity contribution < 1.29 is 23.8 Å². The molecule has 2 amide bonds. The number of methoxy groups -OCH3 is 1. The Morgan fingerprint density at radius 1 is 1.38 bits per heavy atom. The molecule has 1 aliphatic heterocycles. The fourth-order valence-electron chi connectivity index (χ4n) is 2.61. The Morgan fingerprint density at radius 2 is 2.15 bits per heavy atom. The molecule has 138 valence electrons. The van der Waals surface area contributed by atoms with Gasteiger partial charge in [0.25, 0.3) is 5.91 Å². The van der Waals surface area contributed by atoms with Crippen molar-refractivity contribution in [3.8, 4) is 11.5 Å². The number of para-hydroxylation sites is 2. The summed E-state index contributed by atoms with van der Waals surface area (Å²) in [6, 6.07) is 8.89. The number of hydrogen-bond acceptors (Lipinski definition) is 6. The predicted molar refractivity (Wildman–Crippen MR) is 90.8 cm³/mol. The molecule has 1 aliphatic rings. The Morgan fingerprint density at radius 3 is 2.88 bits per heavy atom. The third-order valence-electron chi connectivity index (χ3n) is 3.97. The van der Waals surface area contributed by atoms with E-state index in [2.05, 4.69) is 10.2 Å². The van der Waals surface area contributed by atoms with Gasteiger partial charge in [0, 0.05) is 6.54 Å². The number of H-pyrrole nitrogens is 1. The van der Waals surface area contributed by atoms with Gasteiger partial charge in [-0.05, 0) is 18.2 Å². The van der Waals surface area contributed by atoms with E-state index >= 15 is 0 Å². The van der Waals surface area contributed by atoms with Crippen LogP contribution in [-0.2, 0) is 16.1 Å². The zero-order valence-electron chi connectivity index (χ0n) is 14.3. The highest BCUT2D eigenvalue weighted by atomic mass is 16.5. The van der Waals surface area contributed by atoms with Crippen LogP contribution < -0.4 is 15.2 Å². The summed E-state index contributed by atoms with van der Waals surface area (Å²) < 4.78 is 16.2. The molecule has 1 saturated heterocycles. The van der Waals surface area contributed by atoms with Gasteiger partial charge in [0.15, 0.2) is 23.3 Å². The van der Waals surface area contributed by atoms with Crippen molar-refractivity contribution in [3.05, 3.63) is 41.7 Å². The standard InChI is InChI=1S/C17H20N4O5/c1-24-13-4-2-3-5-14(13)26-10-11-8-12(20-19-11)17(23)21-6-7-25-15(9-21)16(18)22/h2-5,8,15H,6-7,9-10H2,1H3,(H2,18,22)(H,19,20)/t15-/m1/s1. The summed E-state index contributed by atoms with van der Waals surface area (Å²) in [6.07, 6.45) is -0.792. The number of nitrogens with one attached hydrogen (secondary N) is 1. The lowest BCUT2D eigenvalue weighted by molar-refractivity contribution is -0.133. The fourth-order valence-corrected chi connectivity index (χ4v) is 2.61. The molecule has 0 spiro atoms. The van der Waals surface area contributed by atoms with E-state index in [1.165, 1.54) is 4.90 Å². The average Bonchev–Trinajstić information content (AvgIpc) is 3.15. The van der Waals surface area contributed by atoms with Crippen molar-refractivity contribution >= 4 is 11.8 Å². The van der Waals surface area contributed by atoms with E-state index in [0.717, 1.165) is 0 Å². The summed E-state index contributed by atoms with van der Waals surface area (Å²) in [5.74, 6) is 0.332. The number of nitrogens with zero attached hydrogens (tertiary/aromatic N) is 2. The molecule has 0 aliphatic carbocycles. The molecule has 0 saturated carbocycles. The summed E-state index contributed by atoms with van der Waals surface area (Å²) >= 11 is 0. The minimum absolute atomic E-state index is 0.119. The van der Waals surface area contributed by atoms with Crippen LogP contribution in [0.3, 0.4) is 0 Å². The van der Waals surface area contributed by atoms with E-state index in [1.807, 2.05) is 12.1 Å². The number of aromatic amines is 1. The van der Waals surface area contributed by atoms with E-state index in [-0.39, 0.29) is 31.4 Å². The third-order valence-corrected chi connectivity index (χ3v) is 3.97. The highest BCUT2D eigenvalue weighted by Crippen LogP contribution is 2.26. The minimum atomic E-state index is -0.792. The molecule has 1 aromatic carbocycles. The van der Waals surface area contributed by atoms with Gasteiger partial charge in [-0.1, -0.05) is 12.1 Å². The maximum absolute atomic E-state index is 12.5. The number of rotatable bonds is 6. The first-order valence-electron chi connectivity index (χ1n) is 8.08. The largest absolute Gasteiger partial charge is 0.493 e. The molecular formula is C17H20N4O5. The first-order chi connectivity index (χ1) is 12.6. The lowest BCUT2D eigenvalue weighted by Crippen LogP contribution is -2.50. The second kappa shape index (κ2) is 7.87. The highest BCUT2D eigenvalue weighted by Gasteiger charge is 2.29. The molecule has 1 aromatic heterocycles. The Kier molecular flexibility index (Phi) is 5.37. The molecule has 3 N–H and O–H groups in total. The van der Waals surface area contributed by atoms with Crippen LogP contribution in [0.15, 0.2) is 30.3 Å². The van der Waals surface area contributed by atoms with Crippen LogP contribution in [0.1, 0.15) is 16.2 Å². The van der Waals surface area contributed by atoms with Crippen molar-refractivity contribution in [3.63, 3.8) is 0 Å². The molecule has 2 heterocycles. The number of morpholine rings is 1. The van der Waals surface area contributed by atoms with E-state index in [9.17, 15) is 9.59 Å². The maximum Gasteiger partial charge on any atom is 0.274 e. The molecule has 1 atom stereocenters. The molecule has 9 nitrogen and oxygen atoms in total. The average molecular weight is 360 g/mol. The van der Waals surface area contributed by atoms with Gasteiger partial charge in [-0.15, -0.1) is 0 Å². The normalized spacial score (nSPS) is 17.0. The van der Waals surface area contributed by atoms with Crippen molar-refractivity contribution in [2.45, 2.75) is 12.7 Å². The second-order valence-electron chi connectivity index (χ2n) is 5.73. The number of carbonyl (C=O) groups excluding carboxylic acids is 2. The zero-order chi connectivity index (χ0) is 18.5. The van der Waals surface area contributed by atoms with E-state index in [4.69, 9.17) is 19.9 Å². The Hall–Kier alpha value is -3.07. The molecule has 0 radical (unpaired) electrons. The summed E-state index contributed by atoms with van der Waals surface area (Å²) in [7, 11) is 1.57. The minimum Gasteiger partial charge on any atom is -0.493 e. The van der Waals surface area contributed by atoms with Crippen LogP contribution in [0.4, 0.5) is 0 Å². The molecule has 0 unspecified atom stereocenters. The topological polar surface area (TPSA) is 120 Å². The van der Waals surface area contributed by atoms with Gasteiger partial charge >= 0.3 is 0 Å². The smallest absolute Gasteiger partial charge is 0.274 e. The summed E-state index contributed by atoms with van der Waals surface area (Å²) in [5.41, 5.74) is 6.12. The molecule has 1 fully saturated rings. The van der Waals surface area contributed by atoms with Crippen molar-refractivity contribution in [2.24, 2.45) is 5.73 Å². The summed E-state index contributed by atoms with van der Waals surface area (Å²) in [4.78, 5) is 25.3. The number of aromatic nitrogens is 2. The SMILES string of the molecule is COc1ccccc1OCc1cc(C(=O)N2CCO[C@@H](C(N)=O)C2)n[nH]1. The Bertz CT molecular complexity index is 791. The van der Waals surface area contributed by atoms with Crippen molar-refractivity contribution in [2.75, 3.05) is 26.8 Å². The van der Waals surface area contributed by atoms with E-state index in [1.54, 1.807) is 25.3 Å². The van der Waals surface area contributed by atoms with E-state index in [0.29, 0.717) is 23.7 Å². The lowest BCUT2D eigenvalue weighted by atomic mass is 10.2. The number of amides is 2. The summed E-state index contributed by atoms with van der Waals surface area (Å²) in [6.45, 7) is 0.956. The number of benzene rings is 1. The van der Waals surface area contributed by atoms with Gasteiger partial charge in [0.1, 0.15) is 6.61 Å². The fraction of sp³-hybridized carbons (Fsp3) is 0.353. The van der Waals surface area contributed by atoms with Crippen LogP contribution in [0.25, 0.3) is 0 Å². The number of primary amides is 1. The van der Waals surface area contributed by atoms with Gasteiger partial charge in [-0.2, -0.15) is 5.10 Å². The highest BCUT2D eigenvalue weighted by molar-refractivity contribution is 5.93. The van der Waals surface area contributed by atoms with Gasteiger partial charge in [0.2, 0.25) is 5.91 Å². The number of ether oxygens (including phenoxy) is 3. The monoisotopic (exact) mass is 360 g/mol. The first-order valence-corrected chi connectivity index (χ1v) is 8.08. The van der Waals surface area contributed by atoms with Gasteiger partial charge in [0.05, 0.1) is 26.0 Å². The number of carbonyl (C=O) groups is 2. The molecular weight excluding hydrogens is 340 g/mol. The number of hydrogen-bond donors (Lipinski definition) is 2. The molecule has 26 heavy (non-hydrogen) atoms. The van der Waals surface area contributed by atoms with Crippen molar-refractivity contribution in [1.29, 1.82) is 0 Å². The van der Waals surface area contributed by atoms with Crippen molar-refractivity contribution in [1.82, 2.24) is 15.1 Å². The molecule has 2 aromatic rings. The third kappa shape index (κ3) is 3.94. The predicted octanol–water partition coefficient (Wildman–Crippen LogP) is 0.324. The van der Waals surface area contributed by atoms with Crippen LogP contribution in [0.2, 0.25) is 0 Å². The summed E-state index contributed by atoms with van der Waals surface area (Å²) in [5, 5.41) is 6.81. The Balaban J connectivity index is 1.62. The lowest BCUT2D eigenvalue weighted by Gasteiger charge is -2.30. The van der Waals surface area contributed by atoms with Crippen LogP contribution in [0, 0.1) is 0 Å². The van der Waals surface area contributed by atoms with Gasteiger partial charge in [-0.3, -0.25) is 14.7 Å². The van der Waals surface area contributed by atoms with Gasteiger partial charge in [-0.25, -0.2) is 0 Å². The second-order valence-corrected chi connectivity index (χ2v) is 5.73. The quantitative estimate of drug-likeness (QED) is 0.766. The van der Waals surface area contributed by atoms with Crippen LogP contribution >= 0.6 is 0 Å². The van der Waals surface area contributed by atoms with Crippen LogP contribution in [-0.4, -0.2) is 59.8 Å². The van der Waals surface area contributed by atoms with Gasteiger partial charge < -0.3 is 24.8 Å². The molecule has 0 bridgehead atoms. The van der Waals surface area contributed by atoms with E-state index < -0.39 is 12.0 Å². The maximum atomic E-state index is 12.5. The van der Waals surface area contributed by atoms with Crippen LogP contribution in [0.5, 0.6) is 11.5 Å². The number of nitrogens with two attached hydrogens (primary N) is 1. The first kappa shape index (κ1) is 17.7.